The minimum absolute atomic E-state index is 0.298. The molecule has 1 heterocycles. The molecule has 21 heavy (non-hydrogen) atoms. The van der Waals surface area contributed by atoms with E-state index in [2.05, 4.69) is 16.6 Å². The number of thiazole rings is 1. The molecule has 0 atom stereocenters. The fraction of sp³-hybridized carbons (Fsp3) is 0.231. The number of sulfonamides is 1. The van der Waals surface area contributed by atoms with Crippen molar-refractivity contribution in [2.45, 2.75) is 24.0 Å². The topological polar surface area (TPSA) is 96.4 Å². The first kappa shape index (κ1) is 15.5. The molecule has 0 bridgehead atoms. The number of benzene rings is 1. The molecular formula is C13H14N2O4S2. The Bertz CT molecular complexity index is 736. The van der Waals surface area contributed by atoms with E-state index in [4.69, 9.17) is 5.11 Å². The van der Waals surface area contributed by atoms with Crippen molar-refractivity contribution < 1.29 is 18.3 Å². The number of carboxylic acids is 1. The van der Waals surface area contributed by atoms with E-state index in [1.165, 1.54) is 5.51 Å². The summed E-state index contributed by atoms with van der Waals surface area (Å²) in [6, 6.07) is 6.99. The molecule has 0 amide bonds. The highest BCUT2D eigenvalue weighted by molar-refractivity contribution is 7.94. The monoisotopic (exact) mass is 326 g/mol. The molecule has 1 aromatic carbocycles. The first-order chi connectivity index (χ1) is 9.94. The Labute approximate surface area is 126 Å². The molecule has 6 nitrogen and oxygen atoms in total. The van der Waals surface area contributed by atoms with Gasteiger partial charge in [0.2, 0.25) is 0 Å². The van der Waals surface area contributed by atoms with Gasteiger partial charge in [-0.3, -0.25) is 4.72 Å². The minimum Gasteiger partial charge on any atom is -0.476 e. The van der Waals surface area contributed by atoms with Crippen molar-refractivity contribution in [2.24, 2.45) is 0 Å². The standard InChI is InChI=1S/C13H14N2O4S2/c1-2-3-9-4-6-10(7-5-9)15-21(18,19)13-11(12(16)17)14-8-20-13/h4-8,15H,2-3H2,1H3,(H,16,17). The second-order valence-corrected chi connectivity index (χ2v) is 7.08. The van der Waals surface area contributed by atoms with Gasteiger partial charge >= 0.3 is 5.97 Å². The molecule has 0 unspecified atom stereocenters. The van der Waals surface area contributed by atoms with Crippen molar-refractivity contribution in [2.75, 3.05) is 4.72 Å². The fourth-order valence-electron chi connectivity index (χ4n) is 1.80. The molecule has 0 saturated heterocycles. The van der Waals surface area contributed by atoms with Crippen molar-refractivity contribution >= 4 is 33.0 Å². The first-order valence-corrected chi connectivity index (χ1v) is 8.59. The lowest BCUT2D eigenvalue weighted by Gasteiger charge is -2.07. The zero-order valence-electron chi connectivity index (χ0n) is 11.2. The average Bonchev–Trinajstić information content (AvgIpc) is 2.91. The summed E-state index contributed by atoms with van der Waals surface area (Å²) in [5.74, 6) is -1.37. The highest BCUT2D eigenvalue weighted by Crippen LogP contribution is 2.23. The number of aromatic carboxylic acids is 1. The lowest BCUT2D eigenvalue weighted by atomic mass is 10.1. The van der Waals surface area contributed by atoms with Crippen LogP contribution in [-0.2, 0) is 16.4 Å². The number of hydrogen-bond acceptors (Lipinski definition) is 5. The predicted octanol–water partition coefficient (Wildman–Crippen LogP) is 2.59. The van der Waals surface area contributed by atoms with Gasteiger partial charge in [-0.05, 0) is 24.1 Å². The molecule has 0 radical (unpaired) electrons. The Hall–Kier alpha value is -1.93. The van der Waals surface area contributed by atoms with Gasteiger partial charge in [0.05, 0.1) is 5.51 Å². The zero-order valence-corrected chi connectivity index (χ0v) is 12.9. The normalized spacial score (nSPS) is 11.3. The van der Waals surface area contributed by atoms with E-state index >= 15 is 0 Å². The van der Waals surface area contributed by atoms with Gasteiger partial charge in [-0.2, -0.15) is 0 Å². The summed E-state index contributed by atoms with van der Waals surface area (Å²) in [6.07, 6.45) is 1.93. The Morgan fingerprint density at radius 2 is 2.00 bits per heavy atom. The van der Waals surface area contributed by atoms with Crippen LogP contribution in [-0.4, -0.2) is 24.5 Å². The smallest absolute Gasteiger partial charge is 0.356 e. The number of carbonyl (C=O) groups is 1. The van der Waals surface area contributed by atoms with Gasteiger partial charge in [0.1, 0.15) is 0 Å². The number of aromatic nitrogens is 1. The summed E-state index contributed by atoms with van der Waals surface area (Å²) in [5.41, 5.74) is 2.24. The number of anilines is 1. The third-order valence-electron chi connectivity index (χ3n) is 2.73. The number of hydrogen-bond donors (Lipinski definition) is 2. The van der Waals surface area contributed by atoms with Gasteiger partial charge in [-0.1, -0.05) is 25.5 Å². The summed E-state index contributed by atoms with van der Waals surface area (Å²) >= 11 is 0.773. The van der Waals surface area contributed by atoms with Crippen LogP contribution in [0.5, 0.6) is 0 Å². The van der Waals surface area contributed by atoms with Gasteiger partial charge in [0.25, 0.3) is 10.0 Å². The number of nitrogens with zero attached hydrogens (tertiary/aromatic N) is 1. The van der Waals surface area contributed by atoms with E-state index in [1.54, 1.807) is 12.1 Å². The maximum Gasteiger partial charge on any atom is 0.356 e. The van der Waals surface area contributed by atoms with Crippen molar-refractivity contribution in [1.82, 2.24) is 4.98 Å². The average molecular weight is 326 g/mol. The molecule has 2 N–H and O–H groups in total. The van der Waals surface area contributed by atoms with Crippen LogP contribution in [0.1, 0.15) is 29.4 Å². The van der Waals surface area contributed by atoms with Crippen molar-refractivity contribution in [3.05, 3.63) is 41.0 Å². The molecule has 112 valence electrons. The summed E-state index contributed by atoms with van der Waals surface area (Å²) in [6.45, 7) is 2.06. The lowest BCUT2D eigenvalue weighted by Crippen LogP contribution is -2.15. The quantitative estimate of drug-likeness (QED) is 0.850. The van der Waals surface area contributed by atoms with E-state index in [1.807, 2.05) is 12.1 Å². The Morgan fingerprint density at radius 3 is 2.57 bits per heavy atom. The summed E-state index contributed by atoms with van der Waals surface area (Å²) in [4.78, 5) is 14.5. The molecule has 8 heteroatoms. The van der Waals surface area contributed by atoms with Crippen LogP contribution in [0.3, 0.4) is 0 Å². The second-order valence-electron chi connectivity index (χ2n) is 4.35. The van der Waals surface area contributed by atoms with Crippen LogP contribution in [0.25, 0.3) is 0 Å². The summed E-state index contributed by atoms with van der Waals surface area (Å²) in [5, 5.41) is 8.93. The van der Waals surface area contributed by atoms with E-state index in [0.717, 1.165) is 29.7 Å². The van der Waals surface area contributed by atoms with E-state index in [9.17, 15) is 13.2 Å². The van der Waals surface area contributed by atoms with Crippen molar-refractivity contribution in [3.63, 3.8) is 0 Å². The number of rotatable bonds is 6. The van der Waals surface area contributed by atoms with E-state index in [0.29, 0.717) is 5.69 Å². The van der Waals surface area contributed by atoms with Crippen LogP contribution in [0.15, 0.2) is 34.0 Å². The lowest BCUT2D eigenvalue weighted by molar-refractivity contribution is 0.0687. The number of nitrogens with one attached hydrogen (secondary N) is 1. The largest absolute Gasteiger partial charge is 0.476 e. The second kappa shape index (κ2) is 6.23. The summed E-state index contributed by atoms with van der Waals surface area (Å²) in [7, 11) is -3.95. The maximum atomic E-state index is 12.2. The predicted molar refractivity (Wildman–Crippen MR) is 80.3 cm³/mol. The Balaban J connectivity index is 2.25. The minimum atomic E-state index is -3.95. The molecule has 1 aromatic heterocycles. The van der Waals surface area contributed by atoms with Gasteiger partial charge in [-0.25, -0.2) is 18.2 Å². The SMILES string of the molecule is CCCc1ccc(NS(=O)(=O)c2scnc2C(=O)O)cc1. The van der Waals surface area contributed by atoms with Crippen molar-refractivity contribution in [3.8, 4) is 0 Å². The molecule has 0 saturated carbocycles. The Morgan fingerprint density at radius 1 is 1.33 bits per heavy atom. The molecule has 0 aliphatic rings. The van der Waals surface area contributed by atoms with Gasteiger partial charge in [0, 0.05) is 5.69 Å². The van der Waals surface area contributed by atoms with Crippen molar-refractivity contribution in [1.29, 1.82) is 0 Å². The highest BCUT2D eigenvalue weighted by atomic mass is 32.2. The first-order valence-electron chi connectivity index (χ1n) is 6.22. The molecule has 2 rings (SSSR count). The van der Waals surface area contributed by atoms with Crippen LogP contribution in [0.4, 0.5) is 5.69 Å². The zero-order chi connectivity index (χ0) is 15.5. The van der Waals surface area contributed by atoms with Crippen LogP contribution < -0.4 is 4.72 Å². The molecule has 0 aliphatic heterocycles. The van der Waals surface area contributed by atoms with Gasteiger partial charge < -0.3 is 5.11 Å². The highest BCUT2D eigenvalue weighted by Gasteiger charge is 2.25. The molecule has 0 fully saturated rings. The molecule has 0 aliphatic carbocycles. The number of carboxylic acid groups (broad SMARTS) is 1. The van der Waals surface area contributed by atoms with Gasteiger partial charge in [-0.15, -0.1) is 11.3 Å². The van der Waals surface area contributed by atoms with Crippen LogP contribution >= 0.6 is 11.3 Å². The molecular weight excluding hydrogens is 312 g/mol. The van der Waals surface area contributed by atoms with E-state index < -0.39 is 21.7 Å². The number of aryl methyl sites for hydroxylation is 1. The van der Waals surface area contributed by atoms with Crippen LogP contribution in [0.2, 0.25) is 0 Å². The summed E-state index contributed by atoms with van der Waals surface area (Å²) < 4.78 is 26.5. The molecule has 0 spiro atoms. The third-order valence-corrected chi connectivity index (χ3v) is 5.48. The Kier molecular flexibility index (Phi) is 4.59. The maximum absolute atomic E-state index is 12.2. The van der Waals surface area contributed by atoms with E-state index in [-0.39, 0.29) is 4.21 Å². The third kappa shape index (κ3) is 3.59. The van der Waals surface area contributed by atoms with Crippen LogP contribution in [0, 0.1) is 0 Å². The fourth-order valence-corrected chi connectivity index (χ4v) is 4.00. The molecule has 2 aromatic rings. The van der Waals surface area contributed by atoms with Gasteiger partial charge in [0.15, 0.2) is 9.90 Å².